The molecule has 0 radical (unpaired) electrons. The molecule has 0 saturated carbocycles. The summed E-state index contributed by atoms with van der Waals surface area (Å²) in [6.07, 6.45) is 40.0. The van der Waals surface area contributed by atoms with Crippen LogP contribution in [0.3, 0.4) is 0 Å². The minimum atomic E-state index is -4.54. The molecule has 9 heteroatoms. The number of nitrogens with zero attached hydrogens (tertiary/aromatic N) is 1. The number of esters is 1. The van der Waals surface area contributed by atoms with E-state index in [4.69, 9.17) is 18.5 Å². The fourth-order valence-corrected chi connectivity index (χ4v) is 5.82. The maximum atomic E-state index is 12.6. The van der Waals surface area contributed by atoms with Crippen molar-refractivity contribution >= 4 is 13.8 Å². The van der Waals surface area contributed by atoms with E-state index in [0.717, 1.165) is 38.5 Å². The number of carbonyl (C=O) groups excluding carboxylic acids is 1. The summed E-state index contributed by atoms with van der Waals surface area (Å²) in [7, 11) is 1.31. The van der Waals surface area contributed by atoms with E-state index in [0.29, 0.717) is 24.1 Å². The average molecular weight is 726 g/mol. The van der Waals surface area contributed by atoms with Gasteiger partial charge in [-0.2, -0.15) is 0 Å². The molecule has 2 unspecified atom stereocenters. The van der Waals surface area contributed by atoms with E-state index in [1.165, 1.54) is 83.5 Å². The predicted octanol–water partition coefficient (Wildman–Crippen LogP) is 10.6. The number of allylic oxidation sites excluding steroid dienone is 8. The monoisotopic (exact) mass is 726 g/mol. The Labute approximate surface area is 308 Å². The Bertz CT molecular complexity index is 942. The molecule has 0 aromatic heterocycles. The topological polar surface area (TPSA) is 94.1 Å². The Morgan fingerprint density at radius 3 is 1.62 bits per heavy atom. The molecule has 0 aliphatic rings. The quantitative estimate of drug-likeness (QED) is 0.0209. The number of phosphoric acid groups is 1. The second-order valence-electron chi connectivity index (χ2n) is 14.3. The fourth-order valence-electron chi connectivity index (χ4n) is 5.09. The number of hydrogen-bond donors (Lipinski definition) is 0. The van der Waals surface area contributed by atoms with Crippen LogP contribution < -0.4 is 4.89 Å². The first-order chi connectivity index (χ1) is 24.1. The van der Waals surface area contributed by atoms with Crippen LogP contribution in [0.15, 0.2) is 48.6 Å². The Kier molecular flexibility index (Phi) is 33.5. The molecule has 0 rings (SSSR count). The molecule has 0 amide bonds. The lowest BCUT2D eigenvalue weighted by Crippen LogP contribution is -2.37. The maximum absolute atomic E-state index is 12.6. The molecule has 0 N–H and O–H groups in total. The molecule has 2 atom stereocenters. The molecule has 8 nitrogen and oxygen atoms in total. The van der Waals surface area contributed by atoms with Crippen LogP contribution in [0.2, 0.25) is 0 Å². The number of phosphoric ester groups is 1. The zero-order valence-electron chi connectivity index (χ0n) is 32.8. The van der Waals surface area contributed by atoms with Gasteiger partial charge in [0.2, 0.25) is 0 Å². The van der Waals surface area contributed by atoms with Crippen LogP contribution in [0, 0.1) is 0 Å². The highest BCUT2D eigenvalue weighted by atomic mass is 31.2. The van der Waals surface area contributed by atoms with Crippen molar-refractivity contribution in [2.75, 3.05) is 54.1 Å². The van der Waals surface area contributed by atoms with Gasteiger partial charge in [0.05, 0.1) is 34.4 Å². The van der Waals surface area contributed by atoms with E-state index in [1.807, 2.05) is 33.3 Å². The fraction of sp³-hybridized carbons (Fsp3) is 0.780. The minimum absolute atomic E-state index is 0.0132. The summed E-state index contributed by atoms with van der Waals surface area (Å²) in [6.45, 7) is 5.19. The van der Waals surface area contributed by atoms with Crippen molar-refractivity contribution in [1.29, 1.82) is 0 Å². The van der Waals surface area contributed by atoms with Crippen LogP contribution in [-0.2, 0) is 27.9 Å². The van der Waals surface area contributed by atoms with E-state index in [1.54, 1.807) is 0 Å². The average Bonchev–Trinajstić information content (AvgIpc) is 3.06. The molecule has 0 aromatic carbocycles. The van der Waals surface area contributed by atoms with E-state index in [-0.39, 0.29) is 26.2 Å². The maximum Gasteiger partial charge on any atom is 0.306 e. The lowest BCUT2D eigenvalue weighted by Gasteiger charge is -2.28. The minimum Gasteiger partial charge on any atom is -0.756 e. The zero-order chi connectivity index (χ0) is 37.0. The van der Waals surface area contributed by atoms with E-state index < -0.39 is 19.9 Å². The van der Waals surface area contributed by atoms with Crippen molar-refractivity contribution in [3.05, 3.63) is 48.6 Å². The zero-order valence-corrected chi connectivity index (χ0v) is 33.7. The summed E-state index contributed by atoms with van der Waals surface area (Å²) < 4.78 is 34.4. The third-order valence-electron chi connectivity index (χ3n) is 8.16. The van der Waals surface area contributed by atoms with Gasteiger partial charge in [-0.25, -0.2) is 0 Å². The second-order valence-corrected chi connectivity index (χ2v) is 15.7. The number of unbranched alkanes of at least 4 members (excludes halogenated alkanes) is 14. The van der Waals surface area contributed by atoms with Crippen molar-refractivity contribution in [2.45, 2.75) is 155 Å². The lowest BCUT2D eigenvalue weighted by atomic mass is 10.0. The molecule has 292 valence electrons. The van der Waals surface area contributed by atoms with Crippen molar-refractivity contribution in [1.82, 2.24) is 0 Å². The molecular formula is C41H76NO7P. The van der Waals surface area contributed by atoms with Crippen molar-refractivity contribution in [3.8, 4) is 0 Å². The molecule has 50 heavy (non-hydrogen) atoms. The Morgan fingerprint density at radius 1 is 0.640 bits per heavy atom. The molecular weight excluding hydrogens is 649 g/mol. The highest BCUT2D eigenvalue weighted by Crippen LogP contribution is 2.38. The van der Waals surface area contributed by atoms with Crippen molar-refractivity contribution in [3.63, 3.8) is 0 Å². The van der Waals surface area contributed by atoms with Gasteiger partial charge >= 0.3 is 5.97 Å². The van der Waals surface area contributed by atoms with E-state index >= 15 is 0 Å². The summed E-state index contributed by atoms with van der Waals surface area (Å²) in [5.74, 6) is -0.414. The third-order valence-corrected chi connectivity index (χ3v) is 9.12. The SMILES string of the molecule is CC/C=C\C/C=C\C/C=C\C/C=C\CCC(=O)OC(COCCCCCCCCCCCCCCCCC)COP(=O)([O-])OCC[N+](C)(C)C. The number of hydrogen-bond acceptors (Lipinski definition) is 7. The molecule has 0 aliphatic carbocycles. The molecule has 0 spiro atoms. The summed E-state index contributed by atoms with van der Waals surface area (Å²) >= 11 is 0. The normalized spacial score (nSPS) is 14.4. The summed E-state index contributed by atoms with van der Waals surface area (Å²) in [5.41, 5.74) is 0. The number of carbonyl (C=O) groups is 1. The largest absolute Gasteiger partial charge is 0.756 e. The summed E-state index contributed by atoms with van der Waals surface area (Å²) in [4.78, 5) is 24.9. The van der Waals surface area contributed by atoms with Crippen LogP contribution >= 0.6 is 7.82 Å². The summed E-state index contributed by atoms with van der Waals surface area (Å²) in [5, 5.41) is 0. The molecule has 0 heterocycles. The van der Waals surface area contributed by atoms with E-state index in [2.05, 4.69) is 50.3 Å². The van der Waals surface area contributed by atoms with Crippen LogP contribution in [0.4, 0.5) is 0 Å². The van der Waals surface area contributed by atoms with Gasteiger partial charge < -0.3 is 27.9 Å². The van der Waals surface area contributed by atoms with Crippen molar-refractivity contribution in [2.24, 2.45) is 0 Å². The number of quaternary nitrogens is 1. The number of ether oxygens (including phenoxy) is 2. The Morgan fingerprint density at radius 2 is 1.12 bits per heavy atom. The molecule has 0 fully saturated rings. The number of likely N-dealkylation sites (N-methyl/N-ethyl adjacent to an activating group) is 1. The van der Waals surface area contributed by atoms with Gasteiger partial charge in [-0.3, -0.25) is 9.36 Å². The highest BCUT2D eigenvalue weighted by Gasteiger charge is 2.20. The summed E-state index contributed by atoms with van der Waals surface area (Å²) in [6, 6.07) is 0. The molecule has 0 bridgehead atoms. The Hall–Kier alpha value is -1.54. The molecule has 0 aliphatic heterocycles. The van der Waals surface area contributed by atoms with Gasteiger partial charge in [0.1, 0.15) is 19.3 Å². The van der Waals surface area contributed by atoms with Crippen molar-refractivity contribution < 1.29 is 37.3 Å². The first kappa shape index (κ1) is 48.5. The number of rotatable bonds is 36. The van der Waals surface area contributed by atoms with Gasteiger partial charge in [0.25, 0.3) is 7.82 Å². The van der Waals surface area contributed by atoms with Gasteiger partial charge in [-0.1, -0.05) is 152 Å². The smallest absolute Gasteiger partial charge is 0.306 e. The second kappa shape index (κ2) is 34.5. The first-order valence-electron chi connectivity index (χ1n) is 19.9. The van der Waals surface area contributed by atoms with Crippen LogP contribution in [0.25, 0.3) is 0 Å². The highest BCUT2D eigenvalue weighted by molar-refractivity contribution is 7.45. The van der Waals surface area contributed by atoms with Gasteiger partial charge in [0.15, 0.2) is 0 Å². The van der Waals surface area contributed by atoms with Gasteiger partial charge in [-0.15, -0.1) is 0 Å². The third kappa shape index (κ3) is 37.7. The molecule has 0 aromatic rings. The van der Waals surface area contributed by atoms with Crippen LogP contribution in [0.5, 0.6) is 0 Å². The standard InChI is InChI=1S/C41H76NO7P/c1-6-8-10-12-14-16-18-20-21-23-25-27-29-31-33-36-46-38-40(39-48-50(44,45)47-37-35-42(3,4)5)49-41(43)34-32-30-28-26-24-22-19-17-15-13-11-9-7-2/h9,11,15,17,22,24,28,30,40H,6-8,10,12-14,16,18-21,23,25-27,29,31-39H2,1-5H3/b11-9-,17-15-,24-22-,30-28-. The molecule has 0 saturated heterocycles. The first-order valence-corrected chi connectivity index (χ1v) is 21.3. The van der Waals surface area contributed by atoms with Gasteiger partial charge in [-0.05, 0) is 38.5 Å². The Balaban J connectivity index is 4.37. The predicted molar refractivity (Wildman–Crippen MR) is 208 cm³/mol. The van der Waals surface area contributed by atoms with Gasteiger partial charge in [0, 0.05) is 13.0 Å². The van der Waals surface area contributed by atoms with E-state index in [9.17, 15) is 14.3 Å². The van der Waals surface area contributed by atoms with Crippen LogP contribution in [0.1, 0.15) is 149 Å². The van der Waals surface area contributed by atoms with Crippen LogP contribution in [-0.4, -0.2) is 70.7 Å². The lowest BCUT2D eigenvalue weighted by molar-refractivity contribution is -0.870.